The van der Waals surface area contributed by atoms with Gasteiger partial charge in [0.15, 0.2) is 0 Å². The Hall–Kier alpha value is -2.88. The van der Waals surface area contributed by atoms with Gasteiger partial charge in [0, 0.05) is 12.1 Å². The summed E-state index contributed by atoms with van der Waals surface area (Å²) in [5.41, 5.74) is 2.07. The predicted octanol–water partition coefficient (Wildman–Crippen LogP) is 5.50. The van der Waals surface area contributed by atoms with Crippen LogP contribution >= 0.6 is 0 Å². The number of nitro groups is 1. The molecule has 0 bridgehead atoms. The van der Waals surface area contributed by atoms with Crippen LogP contribution < -0.4 is 4.74 Å². The standard InChI is InChI=1S/C20H21NO3/c1-2-3-4-5-16-24-20-14-10-18(11-15-20)7-6-17-8-12-19(13-9-17)21(22)23/h2,6-15H,1,3-5,16H2. The number of benzene rings is 2. The van der Waals surface area contributed by atoms with E-state index in [2.05, 4.69) is 6.58 Å². The number of nitrogens with zero attached hydrogens (tertiary/aromatic N) is 1. The van der Waals surface area contributed by atoms with Crippen molar-refractivity contribution in [3.05, 3.63) is 82.4 Å². The summed E-state index contributed by atoms with van der Waals surface area (Å²) in [5, 5.41) is 10.6. The molecule has 0 radical (unpaired) electrons. The zero-order chi connectivity index (χ0) is 17.2. The van der Waals surface area contributed by atoms with E-state index in [1.165, 1.54) is 12.1 Å². The largest absolute Gasteiger partial charge is 0.494 e. The first-order valence-electron chi connectivity index (χ1n) is 7.95. The minimum Gasteiger partial charge on any atom is -0.494 e. The van der Waals surface area contributed by atoms with Crippen LogP contribution in [0.1, 0.15) is 30.4 Å². The van der Waals surface area contributed by atoms with Crippen LogP contribution in [0.5, 0.6) is 5.75 Å². The lowest BCUT2D eigenvalue weighted by atomic mass is 10.1. The van der Waals surface area contributed by atoms with Crippen molar-refractivity contribution in [1.29, 1.82) is 0 Å². The van der Waals surface area contributed by atoms with E-state index >= 15 is 0 Å². The van der Waals surface area contributed by atoms with E-state index in [1.54, 1.807) is 12.1 Å². The highest BCUT2D eigenvalue weighted by Gasteiger charge is 2.02. The van der Waals surface area contributed by atoms with Crippen molar-refractivity contribution in [1.82, 2.24) is 0 Å². The lowest BCUT2D eigenvalue weighted by molar-refractivity contribution is -0.384. The molecule has 24 heavy (non-hydrogen) atoms. The van der Waals surface area contributed by atoms with E-state index in [0.29, 0.717) is 6.61 Å². The summed E-state index contributed by atoms with van der Waals surface area (Å²) < 4.78 is 5.68. The van der Waals surface area contributed by atoms with Crippen LogP contribution in [0, 0.1) is 10.1 Å². The monoisotopic (exact) mass is 323 g/mol. The first kappa shape index (κ1) is 17.5. The van der Waals surface area contributed by atoms with Gasteiger partial charge >= 0.3 is 0 Å². The summed E-state index contributed by atoms with van der Waals surface area (Å²) in [6.45, 7) is 4.41. The first-order chi connectivity index (χ1) is 11.7. The highest BCUT2D eigenvalue weighted by atomic mass is 16.6. The average Bonchev–Trinajstić information content (AvgIpc) is 2.61. The van der Waals surface area contributed by atoms with Gasteiger partial charge in [-0.15, -0.1) is 6.58 Å². The molecule has 0 unspecified atom stereocenters. The van der Waals surface area contributed by atoms with Crippen molar-refractivity contribution in [2.45, 2.75) is 19.3 Å². The third kappa shape index (κ3) is 5.72. The predicted molar refractivity (Wildman–Crippen MR) is 98.0 cm³/mol. The molecule has 0 amide bonds. The quantitative estimate of drug-likeness (QED) is 0.201. The van der Waals surface area contributed by atoms with Crippen LogP contribution in [0.3, 0.4) is 0 Å². The lowest BCUT2D eigenvalue weighted by Gasteiger charge is -2.05. The molecule has 0 atom stereocenters. The van der Waals surface area contributed by atoms with Gasteiger partial charge in [0.1, 0.15) is 5.75 Å². The van der Waals surface area contributed by atoms with Crippen LogP contribution in [-0.2, 0) is 0 Å². The Bertz CT molecular complexity index is 688. The van der Waals surface area contributed by atoms with Gasteiger partial charge in [-0.3, -0.25) is 10.1 Å². The Morgan fingerprint density at radius 3 is 2.08 bits per heavy atom. The molecule has 0 saturated heterocycles. The van der Waals surface area contributed by atoms with E-state index in [-0.39, 0.29) is 5.69 Å². The van der Waals surface area contributed by atoms with Crippen LogP contribution in [-0.4, -0.2) is 11.5 Å². The molecule has 2 aromatic rings. The molecule has 4 heteroatoms. The summed E-state index contributed by atoms with van der Waals surface area (Å²) >= 11 is 0. The smallest absolute Gasteiger partial charge is 0.269 e. The number of rotatable bonds is 9. The molecule has 0 spiro atoms. The van der Waals surface area contributed by atoms with Gasteiger partial charge in [-0.1, -0.05) is 30.4 Å². The maximum atomic E-state index is 10.6. The van der Waals surface area contributed by atoms with Crippen molar-refractivity contribution >= 4 is 17.8 Å². The van der Waals surface area contributed by atoms with Crippen molar-refractivity contribution < 1.29 is 9.66 Å². The number of allylic oxidation sites excluding steroid dienone is 1. The van der Waals surface area contributed by atoms with Gasteiger partial charge in [0.2, 0.25) is 0 Å². The zero-order valence-electron chi connectivity index (χ0n) is 13.6. The van der Waals surface area contributed by atoms with Gasteiger partial charge < -0.3 is 4.74 Å². The second-order valence-corrected chi connectivity index (χ2v) is 5.38. The molecule has 0 fully saturated rings. The Morgan fingerprint density at radius 1 is 0.958 bits per heavy atom. The molecular formula is C20H21NO3. The minimum atomic E-state index is -0.399. The molecule has 0 aromatic heterocycles. The summed E-state index contributed by atoms with van der Waals surface area (Å²) in [4.78, 5) is 10.2. The summed E-state index contributed by atoms with van der Waals surface area (Å²) in [5.74, 6) is 0.862. The van der Waals surface area contributed by atoms with E-state index < -0.39 is 4.92 Å². The Kier molecular flexibility index (Phi) is 6.77. The molecule has 0 N–H and O–H groups in total. The van der Waals surface area contributed by atoms with E-state index in [0.717, 1.165) is 36.1 Å². The van der Waals surface area contributed by atoms with E-state index in [4.69, 9.17) is 4.74 Å². The number of nitro benzene ring substituents is 1. The van der Waals surface area contributed by atoms with Crippen molar-refractivity contribution in [2.24, 2.45) is 0 Å². The lowest BCUT2D eigenvalue weighted by Crippen LogP contribution is -1.96. The Labute approximate surface area is 142 Å². The van der Waals surface area contributed by atoms with Gasteiger partial charge in [-0.2, -0.15) is 0 Å². The second-order valence-electron chi connectivity index (χ2n) is 5.38. The molecule has 0 aliphatic rings. The number of ether oxygens (including phenoxy) is 1. The normalized spacial score (nSPS) is 10.7. The van der Waals surface area contributed by atoms with E-state index in [9.17, 15) is 10.1 Å². The maximum Gasteiger partial charge on any atom is 0.269 e. The Balaban J connectivity index is 1.86. The highest BCUT2D eigenvalue weighted by molar-refractivity contribution is 5.70. The van der Waals surface area contributed by atoms with Gasteiger partial charge in [0.05, 0.1) is 11.5 Å². The SMILES string of the molecule is C=CCCCCOc1ccc(C=Cc2ccc([N+](=O)[O-])cc2)cc1. The molecule has 0 aliphatic carbocycles. The molecular weight excluding hydrogens is 302 g/mol. The molecule has 0 heterocycles. The van der Waals surface area contributed by atoms with Gasteiger partial charge in [-0.05, 0) is 54.7 Å². The Morgan fingerprint density at radius 2 is 1.54 bits per heavy atom. The number of hydrogen-bond acceptors (Lipinski definition) is 3. The first-order valence-corrected chi connectivity index (χ1v) is 7.95. The molecule has 0 aliphatic heterocycles. The third-order valence-corrected chi connectivity index (χ3v) is 3.52. The molecule has 4 nitrogen and oxygen atoms in total. The molecule has 2 rings (SSSR count). The van der Waals surface area contributed by atoms with E-state index in [1.807, 2.05) is 42.5 Å². The zero-order valence-corrected chi connectivity index (χ0v) is 13.6. The van der Waals surface area contributed by atoms with Crippen molar-refractivity contribution in [3.8, 4) is 5.75 Å². The van der Waals surface area contributed by atoms with Crippen molar-refractivity contribution in [2.75, 3.05) is 6.61 Å². The van der Waals surface area contributed by atoms with Gasteiger partial charge in [0.25, 0.3) is 5.69 Å². The van der Waals surface area contributed by atoms with Crippen LogP contribution in [0.15, 0.2) is 61.2 Å². The summed E-state index contributed by atoms with van der Waals surface area (Å²) in [6, 6.07) is 14.3. The highest BCUT2D eigenvalue weighted by Crippen LogP contribution is 2.17. The van der Waals surface area contributed by atoms with Crippen LogP contribution in [0.25, 0.3) is 12.2 Å². The number of hydrogen-bond donors (Lipinski definition) is 0. The number of unbranched alkanes of at least 4 members (excludes halogenated alkanes) is 2. The topological polar surface area (TPSA) is 52.4 Å². The maximum absolute atomic E-state index is 10.6. The van der Waals surface area contributed by atoms with Gasteiger partial charge in [-0.25, -0.2) is 0 Å². The van der Waals surface area contributed by atoms with Crippen LogP contribution in [0.4, 0.5) is 5.69 Å². The fourth-order valence-electron chi connectivity index (χ4n) is 2.16. The summed E-state index contributed by atoms with van der Waals surface area (Å²) in [7, 11) is 0. The minimum absolute atomic E-state index is 0.0988. The average molecular weight is 323 g/mol. The van der Waals surface area contributed by atoms with Crippen molar-refractivity contribution in [3.63, 3.8) is 0 Å². The fourth-order valence-corrected chi connectivity index (χ4v) is 2.16. The number of non-ortho nitro benzene ring substituents is 1. The fraction of sp³-hybridized carbons (Fsp3) is 0.200. The van der Waals surface area contributed by atoms with Crippen LogP contribution in [0.2, 0.25) is 0 Å². The molecule has 0 saturated carbocycles. The third-order valence-electron chi connectivity index (χ3n) is 3.52. The second kappa shape index (κ2) is 9.30. The molecule has 2 aromatic carbocycles. The summed E-state index contributed by atoms with van der Waals surface area (Å²) in [6.07, 6.45) is 8.96. The molecule has 124 valence electrons.